The van der Waals surface area contributed by atoms with E-state index >= 15 is 0 Å². The van der Waals surface area contributed by atoms with Gasteiger partial charge in [-0.2, -0.15) is 13.2 Å². The summed E-state index contributed by atoms with van der Waals surface area (Å²) in [6.45, 7) is 0. The van der Waals surface area contributed by atoms with Gasteiger partial charge in [-0.05, 0) is 17.5 Å². The van der Waals surface area contributed by atoms with Gasteiger partial charge >= 0.3 is 6.18 Å². The van der Waals surface area contributed by atoms with E-state index in [-0.39, 0.29) is 10.4 Å². The van der Waals surface area contributed by atoms with Crippen molar-refractivity contribution in [3.63, 3.8) is 0 Å². The molecule has 0 nitrogen and oxygen atoms in total. The van der Waals surface area contributed by atoms with Crippen LogP contribution in [0.25, 0.3) is 10.8 Å². The Labute approximate surface area is 89.3 Å². The first-order chi connectivity index (χ1) is 7.00. The minimum absolute atomic E-state index is 0.0640. The van der Waals surface area contributed by atoms with E-state index in [1.165, 1.54) is 12.1 Å². The van der Waals surface area contributed by atoms with Crippen LogP contribution in [0, 0.1) is 0 Å². The van der Waals surface area contributed by atoms with E-state index < -0.39 is 11.7 Å². The number of benzene rings is 2. The summed E-state index contributed by atoms with van der Waals surface area (Å²) in [5.74, 6) is 0. The van der Waals surface area contributed by atoms with Crippen LogP contribution in [-0.2, 0) is 6.18 Å². The van der Waals surface area contributed by atoms with Crippen LogP contribution in [0.1, 0.15) is 5.56 Å². The zero-order valence-electron chi connectivity index (χ0n) is 7.48. The highest BCUT2D eigenvalue weighted by Gasteiger charge is 2.32. The lowest BCUT2D eigenvalue weighted by molar-refractivity contribution is -0.136. The molecule has 0 saturated heterocycles. The summed E-state index contributed by atoms with van der Waals surface area (Å²) < 4.78 is 37.9. The molecule has 0 amide bonds. The van der Waals surface area contributed by atoms with Gasteiger partial charge in [-0.1, -0.05) is 35.9 Å². The molecule has 0 bridgehead atoms. The van der Waals surface area contributed by atoms with Gasteiger partial charge in [-0.15, -0.1) is 0 Å². The quantitative estimate of drug-likeness (QED) is 0.625. The predicted octanol–water partition coefficient (Wildman–Crippen LogP) is 4.51. The summed E-state index contributed by atoms with van der Waals surface area (Å²) in [5.41, 5.74) is -0.689. The average molecular weight is 231 g/mol. The van der Waals surface area contributed by atoms with Gasteiger partial charge in [0.2, 0.25) is 0 Å². The molecule has 15 heavy (non-hydrogen) atoms. The van der Waals surface area contributed by atoms with Crippen molar-refractivity contribution in [3.05, 3.63) is 47.0 Å². The number of alkyl halides is 3. The zero-order valence-corrected chi connectivity index (χ0v) is 8.23. The topological polar surface area (TPSA) is 0 Å². The summed E-state index contributed by atoms with van der Waals surface area (Å²) in [4.78, 5) is 0. The minimum Gasteiger partial charge on any atom is -0.166 e. The van der Waals surface area contributed by atoms with Gasteiger partial charge in [0.1, 0.15) is 0 Å². The Morgan fingerprint density at radius 2 is 1.53 bits per heavy atom. The van der Waals surface area contributed by atoms with E-state index in [1.54, 1.807) is 18.2 Å². The highest BCUT2D eigenvalue weighted by molar-refractivity contribution is 6.35. The molecule has 2 rings (SSSR count). The van der Waals surface area contributed by atoms with Gasteiger partial charge in [0.25, 0.3) is 0 Å². The van der Waals surface area contributed by atoms with Crippen molar-refractivity contribution in [2.24, 2.45) is 0 Å². The second-order valence-electron chi connectivity index (χ2n) is 3.14. The van der Waals surface area contributed by atoms with E-state index in [1.807, 2.05) is 0 Å². The second-order valence-corrected chi connectivity index (χ2v) is 3.55. The Morgan fingerprint density at radius 1 is 0.933 bits per heavy atom. The fourth-order valence-electron chi connectivity index (χ4n) is 1.53. The lowest BCUT2D eigenvalue weighted by Gasteiger charge is -2.11. The molecule has 4 heteroatoms. The number of hydrogen-bond acceptors (Lipinski definition) is 0. The Hall–Kier alpha value is -1.22. The van der Waals surface area contributed by atoms with Gasteiger partial charge in [-0.3, -0.25) is 0 Å². The molecule has 0 spiro atoms. The maximum absolute atomic E-state index is 12.6. The average Bonchev–Trinajstić information content (AvgIpc) is 2.16. The van der Waals surface area contributed by atoms with Crippen molar-refractivity contribution < 1.29 is 13.2 Å². The predicted molar refractivity (Wildman–Crippen MR) is 54.0 cm³/mol. The van der Waals surface area contributed by atoms with E-state index in [0.29, 0.717) is 5.39 Å². The molecule has 0 fully saturated rings. The Kier molecular flexibility index (Phi) is 2.35. The molecule has 0 aromatic heterocycles. The monoisotopic (exact) mass is 230 g/mol. The number of hydrogen-bond donors (Lipinski definition) is 0. The van der Waals surface area contributed by atoms with Gasteiger partial charge in [0, 0.05) is 10.4 Å². The summed E-state index contributed by atoms with van der Waals surface area (Å²) >= 11 is 5.77. The van der Waals surface area contributed by atoms with E-state index in [0.717, 1.165) is 6.07 Å². The number of halogens is 4. The Balaban J connectivity index is 2.86. The number of rotatable bonds is 0. The Morgan fingerprint density at radius 3 is 2.13 bits per heavy atom. The molecule has 0 radical (unpaired) electrons. The highest BCUT2D eigenvalue weighted by atomic mass is 35.5. The normalized spacial score (nSPS) is 12.0. The second kappa shape index (κ2) is 3.42. The maximum atomic E-state index is 12.6. The third-order valence-corrected chi connectivity index (χ3v) is 2.47. The largest absolute Gasteiger partial charge is 0.417 e. The molecule has 78 valence electrons. The van der Waals surface area contributed by atoms with Crippen LogP contribution < -0.4 is 0 Å². The zero-order chi connectivity index (χ0) is 11.1. The van der Waals surface area contributed by atoms with E-state index in [4.69, 9.17) is 11.6 Å². The van der Waals surface area contributed by atoms with Gasteiger partial charge < -0.3 is 0 Å². The van der Waals surface area contributed by atoms with E-state index in [2.05, 4.69) is 0 Å². The molecule has 2 aromatic carbocycles. The minimum atomic E-state index is -4.37. The summed E-state index contributed by atoms with van der Waals surface area (Å²) in [5, 5.41) is 0.687. The standard InChI is InChI=1S/C11H6ClF3/c12-9-6-2-4-7-3-1-5-8(10(7)9)11(13,14)15/h1-6H. The third-order valence-electron chi connectivity index (χ3n) is 2.16. The first-order valence-electron chi connectivity index (χ1n) is 4.24. The molecular formula is C11H6ClF3. The SMILES string of the molecule is FC(F)(F)c1cccc2cccc(Cl)c12. The lowest BCUT2D eigenvalue weighted by atomic mass is 10.0. The molecule has 0 atom stereocenters. The molecular weight excluding hydrogens is 225 g/mol. The van der Waals surface area contributed by atoms with Crippen molar-refractivity contribution in [2.45, 2.75) is 6.18 Å². The van der Waals surface area contributed by atoms with Crippen LogP contribution in [0.5, 0.6) is 0 Å². The van der Waals surface area contributed by atoms with Crippen LogP contribution in [0.2, 0.25) is 5.02 Å². The molecule has 0 N–H and O–H groups in total. The van der Waals surface area contributed by atoms with Crippen molar-refractivity contribution in [1.29, 1.82) is 0 Å². The smallest absolute Gasteiger partial charge is 0.166 e. The van der Waals surface area contributed by atoms with Crippen LogP contribution in [0.4, 0.5) is 13.2 Å². The fraction of sp³-hybridized carbons (Fsp3) is 0.0909. The first-order valence-corrected chi connectivity index (χ1v) is 4.62. The van der Waals surface area contributed by atoms with Crippen LogP contribution in [-0.4, -0.2) is 0 Å². The molecule has 0 unspecified atom stereocenters. The van der Waals surface area contributed by atoms with Crippen molar-refractivity contribution in [2.75, 3.05) is 0 Å². The molecule has 0 heterocycles. The molecule has 0 aliphatic carbocycles. The summed E-state index contributed by atoms with van der Waals surface area (Å²) in [6.07, 6.45) is -4.37. The summed E-state index contributed by atoms with van der Waals surface area (Å²) in [7, 11) is 0. The molecule has 0 aliphatic rings. The summed E-state index contributed by atoms with van der Waals surface area (Å²) in [6, 6.07) is 8.71. The maximum Gasteiger partial charge on any atom is 0.417 e. The lowest BCUT2D eigenvalue weighted by Crippen LogP contribution is -2.05. The van der Waals surface area contributed by atoms with Gasteiger partial charge in [0.15, 0.2) is 0 Å². The van der Waals surface area contributed by atoms with Crippen LogP contribution in [0.15, 0.2) is 36.4 Å². The van der Waals surface area contributed by atoms with Crippen molar-refractivity contribution in [1.82, 2.24) is 0 Å². The first kappa shape index (κ1) is 10.3. The van der Waals surface area contributed by atoms with Crippen molar-refractivity contribution in [3.8, 4) is 0 Å². The van der Waals surface area contributed by atoms with Gasteiger partial charge in [-0.25, -0.2) is 0 Å². The van der Waals surface area contributed by atoms with E-state index in [9.17, 15) is 13.2 Å². The highest BCUT2D eigenvalue weighted by Crippen LogP contribution is 2.37. The van der Waals surface area contributed by atoms with Crippen LogP contribution >= 0.6 is 11.6 Å². The van der Waals surface area contributed by atoms with Crippen molar-refractivity contribution >= 4 is 22.4 Å². The molecule has 0 saturated carbocycles. The Bertz CT molecular complexity index is 497. The third kappa shape index (κ3) is 1.79. The fourth-order valence-corrected chi connectivity index (χ4v) is 1.82. The van der Waals surface area contributed by atoms with Gasteiger partial charge in [0.05, 0.1) is 5.56 Å². The number of fused-ring (bicyclic) bond motifs is 1. The molecule has 2 aromatic rings. The molecule has 0 aliphatic heterocycles. The van der Waals surface area contributed by atoms with Crippen LogP contribution in [0.3, 0.4) is 0 Å².